The second kappa shape index (κ2) is 6.11. The lowest BCUT2D eigenvalue weighted by Gasteiger charge is -1.91. The van der Waals surface area contributed by atoms with Gasteiger partial charge in [-0.1, -0.05) is 18.5 Å². The van der Waals surface area contributed by atoms with Crippen LogP contribution in [-0.4, -0.2) is 12.3 Å². The summed E-state index contributed by atoms with van der Waals surface area (Å²) >= 11 is 0. The molecule has 0 amide bonds. The molecule has 0 unspecified atom stereocenters. The molecule has 4 heteroatoms. The molecule has 0 aliphatic heterocycles. The Balaban J connectivity index is 3.34. The van der Waals surface area contributed by atoms with Crippen molar-refractivity contribution in [2.75, 3.05) is 6.54 Å². The SMILES string of the molecule is CCCCC(=O)CN=[N+]=[N-]. The van der Waals surface area contributed by atoms with Crippen LogP contribution in [0.3, 0.4) is 0 Å². The van der Waals surface area contributed by atoms with E-state index < -0.39 is 0 Å². The topological polar surface area (TPSA) is 65.8 Å². The van der Waals surface area contributed by atoms with Crippen molar-refractivity contribution in [1.82, 2.24) is 0 Å². The van der Waals surface area contributed by atoms with Crippen molar-refractivity contribution >= 4 is 5.78 Å². The van der Waals surface area contributed by atoms with Crippen LogP contribution in [0, 0.1) is 0 Å². The van der Waals surface area contributed by atoms with Gasteiger partial charge >= 0.3 is 0 Å². The minimum atomic E-state index is 0.0104. The Hall–Kier alpha value is -1.02. The summed E-state index contributed by atoms with van der Waals surface area (Å²) < 4.78 is 0. The number of hydrogen-bond donors (Lipinski definition) is 0. The lowest BCUT2D eigenvalue weighted by atomic mass is 10.2. The van der Waals surface area contributed by atoms with E-state index in [1.165, 1.54) is 0 Å². The van der Waals surface area contributed by atoms with E-state index in [2.05, 4.69) is 10.0 Å². The van der Waals surface area contributed by atoms with Crippen LogP contribution in [0.1, 0.15) is 26.2 Å². The summed E-state index contributed by atoms with van der Waals surface area (Å²) in [7, 11) is 0. The third-order valence-electron chi connectivity index (χ3n) is 1.12. The first-order valence-electron chi connectivity index (χ1n) is 3.33. The van der Waals surface area contributed by atoms with Crippen LogP contribution in [0.15, 0.2) is 5.11 Å². The molecular formula is C6H11N3O. The van der Waals surface area contributed by atoms with Crippen LogP contribution in [-0.2, 0) is 4.79 Å². The second-order valence-corrected chi connectivity index (χ2v) is 2.03. The number of nitrogens with zero attached hydrogens (tertiary/aromatic N) is 3. The zero-order valence-corrected chi connectivity index (χ0v) is 6.08. The molecule has 0 aromatic heterocycles. The molecule has 0 radical (unpaired) electrons. The average Bonchev–Trinajstić information content (AvgIpc) is 1.97. The summed E-state index contributed by atoms with van der Waals surface area (Å²) in [5.41, 5.74) is 7.85. The number of Topliss-reactive ketones (excluding diaryl/α,β-unsaturated/α-hetero) is 1. The molecule has 0 saturated carbocycles. The fourth-order valence-electron chi connectivity index (χ4n) is 0.563. The van der Waals surface area contributed by atoms with Crippen LogP contribution in [0.25, 0.3) is 10.4 Å². The van der Waals surface area contributed by atoms with Crippen molar-refractivity contribution < 1.29 is 4.79 Å². The minimum Gasteiger partial charge on any atom is -0.300 e. The van der Waals surface area contributed by atoms with Gasteiger partial charge in [0.25, 0.3) is 0 Å². The van der Waals surface area contributed by atoms with Gasteiger partial charge in [-0.05, 0) is 12.0 Å². The molecule has 4 nitrogen and oxygen atoms in total. The number of carbonyl (C=O) groups is 1. The number of rotatable bonds is 5. The van der Waals surface area contributed by atoms with Crippen LogP contribution in [0.2, 0.25) is 0 Å². The number of unbranched alkanes of at least 4 members (excludes halogenated alkanes) is 1. The van der Waals surface area contributed by atoms with Crippen molar-refractivity contribution in [3.8, 4) is 0 Å². The van der Waals surface area contributed by atoms with Crippen molar-refractivity contribution in [2.45, 2.75) is 26.2 Å². The Bertz CT molecular complexity index is 149. The molecule has 0 bridgehead atoms. The van der Waals surface area contributed by atoms with Gasteiger partial charge in [-0.25, -0.2) is 0 Å². The number of ketones is 1. The first-order valence-corrected chi connectivity index (χ1v) is 3.33. The normalized spacial score (nSPS) is 8.50. The Morgan fingerprint density at radius 2 is 2.40 bits per heavy atom. The Morgan fingerprint density at radius 3 is 2.90 bits per heavy atom. The van der Waals surface area contributed by atoms with Gasteiger partial charge in [0.2, 0.25) is 0 Å². The van der Waals surface area contributed by atoms with Crippen molar-refractivity contribution in [2.24, 2.45) is 5.11 Å². The largest absolute Gasteiger partial charge is 0.300 e. The monoisotopic (exact) mass is 141 g/mol. The summed E-state index contributed by atoms with van der Waals surface area (Å²) in [6.45, 7) is 2.03. The summed E-state index contributed by atoms with van der Waals surface area (Å²) in [5.74, 6) is 0.0275. The molecule has 0 N–H and O–H groups in total. The maximum atomic E-state index is 10.7. The lowest BCUT2D eigenvalue weighted by molar-refractivity contribution is -0.117. The molecule has 0 aliphatic carbocycles. The molecule has 0 spiro atoms. The third-order valence-corrected chi connectivity index (χ3v) is 1.12. The standard InChI is InChI=1S/C6H11N3O/c1-2-3-4-6(10)5-8-9-7/h2-5H2,1H3. The lowest BCUT2D eigenvalue weighted by Crippen LogP contribution is -2.00. The number of hydrogen-bond acceptors (Lipinski definition) is 2. The van der Waals surface area contributed by atoms with Gasteiger partial charge in [-0.2, -0.15) is 0 Å². The molecule has 56 valence electrons. The molecule has 0 fully saturated rings. The maximum Gasteiger partial charge on any atom is 0.138 e. The van der Waals surface area contributed by atoms with Crippen molar-refractivity contribution in [3.05, 3.63) is 10.4 Å². The fourth-order valence-corrected chi connectivity index (χ4v) is 0.563. The zero-order valence-electron chi connectivity index (χ0n) is 6.08. The van der Waals surface area contributed by atoms with E-state index in [0.29, 0.717) is 6.42 Å². The molecule has 0 aromatic carbocycles. The highest BCUT2D eigenvalue weighted by Gasteiger charge is 1.96. The van der Waals surface area contributed by atoms with Gasteiger partial charge in [-0.15, -0.1) is 0 Å². The summed E-state index contributed by atoms with van der Waals surface area (Å²) in [6, 6.07) is 0. The Morgan fingerprint density at radius 1 is 1.70 bits per heavy atom. The quantitative estimate of drug-likeness (QED) is 0.328. The molecule has 0 heterocycles. The highest BCUT2D eigenvalue weighted by molar-refractivity contribution is 5.80. The van der Waals surface area contributed by atoms with E-state index >= 15 is 0 Å². The van der Waals surface area contributed by atoms with Crippen LogP contribution in [0.5, 0.6) is 0 Å². The third kappa shape index (κ3) is 5.12. The van der Waals surface area contributed by atoms with Gasteiger partial charge in [0, 0.05) is 11.3 Å². The van der Waals surface area contributed by atoms with Gasteiger partial charge in [0.15, 0.2) is 0 Å². The molecule has 0 aromatic rings. The summed E-state index contributed by atoms with van der Waals surface area (Å²) in [6.07, 6.45) is 2.43. The zero-order chi connectivity index (χ0) is 7.82. The van der Waals surface area contributed by atoms with Crippen molar-refractivity contribution in [1.29, 1.82) is 0 Å². The first kappa shape index (κ1) is 8.98. The molecule has 0 rings (SSSR count). The average molecular weight is 141 g/mol. The predicted octanol–water partition coefficient (Wildman–Crippen LogP) is 2.06. The van der Waals surface area contributed by atoms with E-state index in [1.807, 2.05) is 6.92 Å². The van der Waals surface area contributed by atoms with Gasteiger partial charge in [0.05, 0.1) is 6.54 Å². The van der Waals surface area contributed by atoms with Gasteiger partial charge in [-0.3, -0.25) is 4.79 Å². The number of carbonyl (C=O) groups excluding carboxylic acids is 1. The first-order chi connectivity index (χ1) is 4.81. The molecule has 0 saturated heterocycles. The summed E-state index contributed by atoms with van der Waals surface area (Å²) in [5, 5.41) is 3.16. The molecule has 10 heavy (non-hydrogen) atoms. The molecular weight excluding hydrogens is 130 g/mol. The van der Waals surface area contributed by atoms with Crippen molar-refractivity contribution in [3.63, 3.8) is 0 Å². The predicted molar refractivity (Wildman–Crippen MR) is 38.5 cm³/mol. The minimum absolute atomic E-state index is 0.0104. The summed E-state index contributed by atoms with van der Waals surface area (Å²) in [4.78, 5) is 13.2. The van der Waals surface area contributed by atoms with E-state index in [4.69, 9.17) is 5.53 Å². The van der Waals surface area contributed by atoms with Crippen LogP contribution >= 0.6 is 0 Å². The van der Waals surface area contributed by atoms with E-state index in [1.54, 1.807) is 0 Å². The smallest absolute Gasteiger partial charge is 0.138 e. The highest BCUT2D eigenvalue weighted by atomic mass is 16.1. The highest BCUT2D eigenvalue weighted by Crippen LogP contribution is 1.94. The van der Waals surface area contributed by atoms with E-state index in [0.717, 1.165) is 12.8 Å². The van der Waals surface area contributed by atoms with E-state index in [-0.39, 0.29) is 12.3 Å². The van der Waals surface area contributed by atoms with Crippen LogP contribution < -0.4 is 0 Å². The van der Waals surface area contributed by atoms with Gasteiger partial charge in [0.1, 0.15) is 5.78 Å². The molecule has 0 aliphatic rings. The van der Waals surface area contributed by atoms with E-state index in [9.17, 15) is 4.79 Å². The van der Waals surface area contributed by atoms with Crippen LogP contribution in [0.4, 0.5) is 0 Å². The number of azide groups is 1. The Labute approximate surface area is 59.9 Å². The van der Waals surface area contributed by atoms with Gasteiger partial charge < -0.3 is 0 Å². The fraction of sp³-hybridized carbons (Fsp3) is 0.833. The maximum absolute atomic E-state index is 10.7. The Kier molecular flexibility index (Phi) is 5.48. The second-order valence-electron chi connectivity index (χ2n) is 2.03. The molecule has 0 atom stereocenters.